The summed E-state index contributed by atoms with van der Waals surface area (Å²) in [5, 5.41) is 21.3. The molecule has 2 amide bonds. The number of urea groups is 1. The molecule has 0 atom stereocenters. The number of ether oxygens (including phenoxy) is 1. The first-order valence-corrected chi connectivity index (χ1v) is 6.01. The van der Waals surface area contributed by atoms with Gasteiger partial charge in [0, 0.05) is 12.0 Å². The number of hydrogen-bond acceptors (Lipinski definition) is 5. The Morgan fingerprint density at radius 2 is 2.15 bits per heavy atom. The van der Waals surface area contributed by atoms with Gasteiger partial charge in [-0.05, 0) is 26.3 Å². The van der Waals surface area contributed by atoms with Crippen molar-refractivity contribution in [2.24, 2.45) is 0 Å². The molecule has 1 heterocycles. The van der Waals surface area contributed by atoms with E-state index in [-0.39, 0.29) is 12.3 Å². The van der Waals surface area contributed by atoms with Crippen LogP contribution < -0.4 is 15.4 Å². The fourth-order valence-corrected chi connectivity index (χ4v) is 1.51. The predicted octanol–water partition coefficient (Wildman–Crippen LogP) is 1.25. The van der Waals surface area contributed by atoms with E-state index >= 15 is 0 Å². The Balaban J connectivity index is 2.60. The van der Waals surface area contributed by atoms with Gasteiger partial charge in [-0.1, -0.05) is 0 Å². The monoisotopic (exact) mass is 282 g/mol. The number of nitrogens with zero attached hydrogens (tertiary/aromatic N) is 2. The van der Waals surface area contributed by atoms with Crippen molar-refractivity contribution in [1.29, 1.82) is 0 Å². The van der Waals surface area contributed by atoms with Crippen molar-refractivity contribution >= 4 is 17.7 Å². The number of carbonyl (C=O) groups excluding carboxylic acids is 1. The van der Waals surface area contributed by atoms with Gasteiger partial charge in [0.05, 0.1) is 13.3 Å². The van der Waals surface area contributed by atoms with Crippen LogP contribution in [0.3, 0.4) is 0 Å². The Morgan fingerprint density at radius 3 is 2.75 bits per heavy atom. The minimum absolute atomic E-state index is 0.0204. The van der Waals surface area contributed by atoms with Crippen molar-refractivity contribution in [3.05, 3.63) is 12.3 Å². The molecule has 0 aromatic carbocycles. The van der Waals surface area contributed by atoms with Crippen molar-refractivity contribution in [3.8, 4) is 5.88 Å². The van der Waals surface area contributed by atoms with E-state index in [1.54, 1.807) is 19.9 Å². The number of carbonyl (C=O) groups is 2. The van der Waals surface area contributed by atoms with Gasteiger partial charge in [-0.15, -0.1) is 5.10 Å². The summed E-state index contributed by atoms with van der Waals surface area (Å²) >= 11 is 0. The number of rotatable bonds is 6. The number of nitrogens with one attached hydrogen (secondary N) is 2. The van der Waals surface area contributed by atoms with E-state index in [0.29, 0.717) is 12.1 Å². The lowest BCUT2D eigenvalue weighted by molar-refractivity contribution is -0.137. The Hall–Kier alpha value is -2.38. The highest BCUT2D eigenvalue weighted by molar-refractivity contribution is 5.90. The van der Waals surface area contributed by atoms with Crippen molar-refractivity contribution < 1.29 is 19.4 Å². The van der Waals surface area contributed by atoms with E-state index in [2.05, 4.69) is 20.8 Å². The SMILES string of the molecule is COc1nnccc1NC(=O)NC(C)(C)CCC(=O)O. The van der Waals surface area contributed by atoms with Gasteiger partial charge in [0.1, 0.15) is 5.69 Å². The smallest absolute Gasteiger partial charge is 0.319 e. The molecular weight excluding hydrogens is 264 g/mol. The van der Waals surface area contributed by atoms with E-state index in [4.69, 9.17) is 9.84 Å². The van der Waals surface area contributed by atoms with Crippen molar-refractivity contribution in [2.75, 3.05) is 12.4 Å². The molecule has 0 spiro atoms. The zero-order valence-electron chi connectivity index (χ0n) is 11.6. The molecule has 8 heteroatoms. The molecule has 0 radical (unpaired) electrons. The van der Waals surface area contributed by atoms with Crippen LogP contribution in [-0.4, -0.2) is 40.0 Å². The molecule has 1 rings (SSSR count). The Bertz CT molecular complexity index is 490. The van der Waals surface area contributed by atoms with Crippen LogP contribution in [0.4, 0.5) is 10.5 Å². The molecule has 0 saturated heterocycles. The van der Waals surface area contributed by atoms with Crippen molar-refractivity contribution in [1.82, 2.24) is 15.5 Å². The molecule has 3 N–H and O–H groups in total. The molecule has 0 bridgehead atoms. The van der Waals surface area contributed by atoms with Crippen molar-refractivity contribution in [3.63, 3.8) is 0 Å². The van der Waals surface area contributed by atoms with Crippen LogP contribution >= 0.6 is 0 Å². The third-order valence-electron chi connectivity index (χ3n) is 2.54. The molecule has 20 heavy (non-hydrogen) atoms. The van der Waals surface area contributed by atoms with Crippen LogP contribution in [-0.2, 0) is 4.79 Å². The molecule has 0 aliphatic rings. The molecule has 0 saturated carbocycles. The maximum absolute atomic E-state index is 11.9. The summed E-state index contributed by atoms with van der Waals surface area (Å²) in [6, 6.07) is 1.09. The molecular formula is C12H18N4O4. The third kappa shape index (κ3) is 5.09. The van der Waals surface area contributed by atoms with Gasteiger partial charge in [-0.3, -0.25) is 4.79 Å². The number of hydrogen-bond donors (Lipinski definition) is 3. The first-order chi connectivity index (χ1) is 9.34. The first-order valence-electron chi connectivity index (χ1n) is 6.01. The molecule has 0 aliphatic carbocycles. The summed E-state index contributed by atoms with van der Waals surface area (Å²) < 4.78 is 4.96. The molecule has 0 fully saturated rings. The summed E-state index contributed by atoms with van der Waals surface area (Å²) in [7, 11) is 1.42. The van der Waals surface area contributed by atoms with Gasteiger partial charge >= 0.3 is 12.0 Å². The van der Waals surface area contributed by atoms with Gasteiger partial charge in [0.2, 0.25) is 0 Å². The molecule has 8 nitrogen and oxygen atoms in total. The second kappa shape index (κ2) is 6.69. The number of anilines is 1. The van der Waals surface area contributed by atoms with Gasteiger partial charge in [0.25, 0.3) is 5.88 Å². The highest BCUT2D eigenvalue weighted by atomic mass is 16.5. The van der Waals surface area contributed by atoms with Gasteiger partial charge in [-0.25, -0.2) is 4.79 Å². The molecule has 0 unspecified atom stereocenters. The zero-order chi connectivity index (χ0) is 15.2. The van der Waals surface area contributed by atoms with Crippen LogP contribution in [0.2, 0.25) is 0 Å². The molecule has 1 aromatic rings. The minimum Gasteiger partial charge on any atom is -0.481 e. The lowest BCUT2D eigenvalue weighted by atomic mass is 9.99. The van der Waals surface area contributed by atoms with Gasteiger partial charge in [0.15, 0.2) is 0 Å². The second-order valence-corrected chi connectivity index (χ2v) is 4.81. The molecule has 1 aromatic heterocycles. The fourth-order valence-electron chi connectivity index (χ4n) is 1.51. The number of amides is 2. The van der Waals surface area contributed by atoms with Crippen molar-refractivity contribution in [2.45, 2.75) is 32.2 Å². The van der Waals surface area contributed by atoms with Gasteiger partial charge in [-0.2, -0.15) is 5.10 Å². The van der Waals surface area contributed by atoms with Crippen LogP contribution in [0.15, 0.2) is 12.3 Å². The summed E-state index contributed by atoms with van der Waals surface area (Å²) in [6.07, 6.45) is 1.72. The second-order valence-electron chi connectivity index (χ2n) is 4.81. The van der Waals surface area contributed by atoms with Crippen LogP contribution in [0, 0.1) is 0 Å². The standard InChI is InChI=1S/C12H18N4O4/c1-12(2,6-4-9(17)18)15-11(19)14-8-5-7-13-16-10(8)20-3/h5,7H,4,6H2,1-3H3,(H,17,18)(H2,13,14,15,19). The topological polar surface area (TPSA) is 113 Å². The maximum atomic E-state index is 11.9. The number of carboxylic acids is 1. The van der Waals surface area contributed by atoms with E-state index in [9.17, 15) is 9.59 Å². The van der Waals surface area contributed by atoms with E-state index in [0.717, 1.165) is 0 Å². The summed E-state index contributed by atoms with van der Waals surface area (Å²) in [6.45, 7) is 3.50. The summed E-state index contributed by atoms with van der Waals surface area (Å²) in [4.78, 5) is 22.4. The quantitative estimate of drug-likeness (QED) is 0.723. The summed E-state index contributed by atoms with van der Waals surface area (Å²) in [5.74, 6) is -0.703. The average Bonchev–Trinajstić information content (AvgIpc) is 2.36. The number of methoxy groups -OCH3 is 1. The Morgan fingerprint density at radius 1 is 1.45 bits per heavy atom. The van der Waals surface area contributed by atoms with Crippen LogP contribution in [0.1, 0.15) is 26.7 Å². The van der Waals surface area contributed by atoms with E-state index in [1.165, 1.54) is 13.3 Å². The lowest BCUT2D eigenvalue weighted by Gasteiger charge is -2.25. The minimum atomic E-state index is -0.903. The number of aliphatic carboxylic acids is 1. The number of carboxylic acid groups (broad SMARTS) is 1. The first kappa shape index (κ1) is 15.7. The zero-order valence-corrected chi connectivity index (χ0v) is 11.6. The van der Waals surface area contributed by atoms with Gasteiger partial charge < -0.3 is 20.5 Å². The third-order valence-corrected chi connectivity index (χ3v) is 2.54. The Labute approximate surface area is 116 Å². The predicted molar refractivity (Wildman–Crippen MR) is 71.7 cm³/mol. The fraction of sp³-hybridized carbons (Fsp3) is 0.500. The van der Waals surface area contributed by atoms with Crippen LogP contribution in [0.25, 0.3) is 0 Å². The highest BCUT2D eigenvalue weighted by Crippen LogP contribution is 2.19. The average molecular weight is 282 g/mol. The molecule has 110 valence electrons. The highest BCUT2D eigenvalue weighted by Gasteiger charge is 2.22. The maximum Gasteiger partial charge on any atom is 0.319 e. The molecule has 0 aliphatic heterocycles. The normalized spacial score (nSPS) is 10.8. The van der Waals surface area contributed by atoms with E-state index in [1.807, 2.05) is 0 Å². The van der Waals surface area contributed by atoms with E-state index < -0.39 is 17.5 Å². The summed E-state index contributed by atoms with van der Waals surface area (Å²) in [5.41, 5.74) is -0.259. The lowest BCUT2D eigenvalue weighted by Crippen LogP contribution is -2.45. The Kier molecular flexibility index (Phi) is 5.24. The van der Waals surface area contributed by atoms with Crippen LogP contribution in [0.5, 0.6) is 5.88 Å². The largest absolute Gasteiger partial charge is 0.481 e. The number of aromatic nitrogens is 2.